The van der Waals surface area contributed by atoms with Gasteiger partial charge in [-0.1, -0.05) is 19.9 Å². The molecule has 0 aliphatic rings. The summed E-state index contributed by atoms with van der Waals surface area (Å²) in [6.07, 6.45) is 1.58. The van der Waals surface area contributed by atoms with Crippen LogP contribution in [0.5, 0.6) is 0 Å². The summed E-state index contributed by atoms with van der Waals surface area (Å²) in [4.78, 5) is 0. The van der Waals surface area contributed by atoms with Crippen molar-refractivity contribution < 1.29 is 12.8 Å². The van der Waals surface area contributed by atoms with Gasteiger partial charge >= 0.3 is 0 Å². The largest absolute Gasteiger partial charge is 0.447 e. The lowest BCUT2D eigenvalue weighted by Gasteiger charge is -2.32. The fourth-order valence-corrected chi connectivity index (χ4v) is 3.55. The number of nitrogens with zero attached hydrogens (tertiary/aromatic N) is 1. The maximum atomic E-state index is 12.7. The number of hydrogen-bond acceptors (Lipinski definition) is 4. The molecule has 1 aromatic heterocycles. The van der Waals surface area contributed by atoms with Crippen LogP contribution < -0.4 is 5.32 Å². The molecule has 1 N–H and O–H groups in total. The summed E-state index contributed by atoms with van der Waals surface area (Å²) in [5.41, 5.74) is -0.545. The van der Waals surface area contributed by atoms with Gasteiger partial charge in [-0.2, -0.15) is 4.31 Å². The van der Waals surface area contributed by atoms with Crippen LogP contribution in [-0.2, 0) is 16.6 Å². The van der Waals surface area contributed by atoms with E-state index in [4.69, 9.17) is 4.42 Å². The van der Waals surface area contributed by atoms with Crippen molar-refractivity contribution in [3.05, 3.63) is 30.5 Å². The van der Waals surface area contributed by atoms with Crippen molar-refractivity contribution in [2.24, 2.45) is 0 Å². The third-order valence-corrected chi connectivity index (χ3v) is 4.91. The number of hydrogen-bond donors (Lipinski definition) is 1. The van der Waals surface area contributed by atoms with Gasteiger partial charge in [-0.25, -0.2) is 8.42 Å². The van der Waals surface area contributed by atoms with Crippen LogP contribution in [0.25, 0.3) is 0 Å². The monoisotopic (exact) mass is 314 g/mol. The van der Waals surface area contributed by atoms with E-state index < -0.39 is 15.6 Å². The molecule has 5 nitrogen and oxygen atoms in total. The Bertz CT molecular complexity index is 568. The first-order valence-electron chi connectivity index (χ1n) is 7.05. The summed E-state index contributed by atoms with van der Waals surface area (Å²) in [6, 6.07) is 3.51. The molecular weight excluding hydrogens is 288 g/mol. The van der Waals surface area contributed by atoms with E-state index in [1.807, 2.05) is 34.6 Å². The highest BCUT2D eigenvalue weighted by Crippen LogP contribution is 2.25. The van der Waals surface area contributed by atoms with Gasteiger partial charge in [0.1, 0.15) is 5.76 Å². The van der Waals surface area contributed by atoms with Crippen molar-refractivity contribution in [3.63, 3.8) is 0 Å². The zero-order chi connectivity index (χ0) is 16.3. The van der Waals surface area contributed by atoms with Crippen LogP contribution in [0.4, 0.5) is 0 Å². The van der Waals surface area contributed by atoms with Crippen molar-refractivity contribution in [2.45, 2.75) is 57.8 Å². The Kier molecular flexibility index (Phi) is 5.78. The van der Waals surface area contributed by atoms with Crippen molar-refractivity contribution in [1.29, 1.82) is 0 Å². The second kappa shape index (κ2) is 6.77. The van der Waals surface area contributed by atoms with Crippen molar-refractivity contribution >= 4 is 10.0 Å². The van der Waals surface area contributed by atoms with Gasteiger partial charge in [0.05, 0.1) is 6.54 Å². The molecule has 21 heavy (non-hydrogen) atoms. The first-order valence-corrected chi connectivity index (χ1v) is 8.49. The van der Waals surface area contributed by atoms with Crippen LogP contribution >= 0.6 is 0 Å². The van der Waals surface area contributed by atoms with Crippen LogP contribution in [-0.4, -0.2) is 30.8 Å². The molecule has 0 spiro atoms. The Morgan fingerprint density at radius 1 is 1.38 bits per heavy atom. The first kappa shape index (κ1) is 17.9. The Hall–Kier alpha value is -1.11. The molecule has 0 aromatic carbocycles. The molecule has 0 radical (unpaired) electrons. The van der Waals surface area contributed by atoms with Gasteiger partial charge in [0.15, 0.2) is 0 Å². The van der Waals surface area contributed by atoms with Gasteiger partial charge in [-0.05, 0) is 32.9 Å². The Balaban J connectivity index is 3.03. The van der Waals surface area contributed by atoms with Gasteiger partial charge in [0.2, 0.25) is 5.09 Å². The normalized spacial score (nSPS) is 13.1. The summed E-state index contributed by atoms with van der Waals surface area (Å²) in [7, 11) is -3.67. The third kappa shape index (κ3) is 4.69. The Labute approximate surface area is 128 Å². The van der Waals surface area contributed by atoms with E-state index in [2.05, 4.69) is 11.9 Å². The van der Waals surface area contributed by atoms with Crippen LogP contribution in [0, 0.1) is 0 Å². The zero-order valence-corrected chi connectivity index (χ0v) is 14.3. The molecule has 0 aliphatic heterocycles. The van der Waals surface area contributed by atoms with E-state index in [0.717, 1.165) is 0 Å². The molecule has 0 saturated heterocycles. The average Bonchev–Trinajstić information content (AvgIpc) is 2.81. The van der Waals surface area contributed by atoms with E-state index in [1.54, 1.807) is 12.1 Å². The lowest BCUT2D eigenvalue weighted by atomic mass is 10.1. The van der Waals surface area contributed by atoms with Crippen LogP contribution in [0.1, 0.15) is 40.4 Å². The third-order valence-electron chi connectivity index (χ3n) is 2.91. The van der Waals surface area contributed by atoms with Gasteiger partial charge in [-0.15, -0.1) is 6.58 Å². The molecule has 0 atom stereocenters. The fourth-order valence-electron chi connectivity index (χ4n) is 1.85. The summed E-state index contributed by atoms with van der Waals surface area (Å²) < 4.78 is 32.2. The quantitative estimate of drug-likeness (QED) is 0.786. The van der Waals surface area contributed by atoms with Crippen molar-refractivity contribution in [3.8, 4) is 0 Å². The van der Waals surface area contributed by atoms with Crippen molar-refractivity contribution in [1.82, 2.24) is 9.62 Å². The molecular formula is C15H26N2O3S. The lowest BCUT2D eigenvalue weighted by molar-refractivity contribution is 0.260. The molecule has 1 aromatic rings. The van der Waals surface area contributed by atoms with Gasteiger partial charge < -0.3 is 9.73 Å². The maximum absolute atomic E-state index is 12.7. The molecule has 0 unspecified atom stereocenters. The van der Waals surface area contributed by atoms with Crippen molar-refractivity contribution in [2.75, 3.05) is 6.54 Å². The zero-order valence-electron chi connectivity index (χ0n) is 13.5. The number of rotatable bonds is 7. The van der Waals surface area contributed by atoms with Crippen LogP contribution in [0.2, 0.25) is 0 Å². The highest BCUT2D eigenvalue weighted by molar-refractivity contribution is 7.89. The summed E-state index contributed by atoms with van der Waals surface area (Å²) in [6.45, 7) is 14.0. The summed E-state index contributed by atoms with van der Waals surface area (Å²) in [5, 5.41) is 3.16. The van der Waals surface area contributed by atoms with Gasteiger partial charge in [-0.3, -0.25) is 0 Å². The number of sulfonamides is 1. The van der Waals surface area contributed by atoms with E-state index in [0.29, 0.717) is 18.3 Å². The van der Waals surface area contributed by atoms with E-state index in [1.165, 1.54) is 10.4 Å². The minimum atomic E-state index is -3.67. The first-order chi connectivity index (χ1) is 9.59. The Morgan fingerprint density at radius 2 is 2.00 bits per heavy atom. The minimum absolute atomic E-state index is 0.0279. The summed E-state index contributed by atoms with van der Waals surface area (Å²) in [5.74, 6) is 0.606. The predicted molar refractivity (Wildman–Crippen MR) is 84.5 cm³/mol. The fraction of sp³-hybridized carbons (Fsp3) is 0.600. The second-order valence-corrected chi connectivity index (χ2v) is 8.05. The lowest BCUT2D eigenvalue weighted by Crippen LogP contribution is -2.45. The van der Waals surface area contributed by atoms with Crippen LogP contribution in [0.15, 0.2) is 34.3 Å². The standard InChI is InChI=1S/C15H26N2O3S/c1-7-10-17(15(4,5)6)21(18,19)14-9-8-13(20-14)11-16-12(2)3/h7-9,12,16H,1,10-11H2,2-6H3. The highest BCUT2D eigenvalue weighted by Gasteiger charge is 2.35. The SMILES string of the molecule is C=CCN(C(C)(C)C)S(=O)(=O)c1ccc(CNC(C)C)o1. The second-order valence-electron chi connectivity index (χ2n) is 6.25. The molecule has 0 amide bonds. The minimum Gasteiger partial charge on any atom is -0.447 e. The smallest absolute Gasteiger partial charge is 0.277 e. The van der Waals surface area contributed by atoms with E-state index >= 15 is 0 Å². The summed E-state index contributed by atoms with van der Waals surface area (Å²) >= 11 is 0. The molecule has 0 saturated carbocycles. The van der Waals surface area contributed by atoms with Gasteiger partial charge in [0.25, 0.3) is 10.0 Å². The Morgan fingerprint density at radius 3 is 2.48 bits per heavy atom. The molecule has 0 fully saturated rings. The highest BCUT2D eigenvalue weighted by atomic mass is 32.2. The van der Waals surface area contributed by atoms with Gasteiger partial charge in [0, 0.05) is 18.1 Å². The molecule has 6 heteroatoms. The number of nitrogens with one attached hydrogen (secondary N) is 1. The number of furan rings is 1. The predicted octanol–water partition coefficient (Wildman–Crippen LogP) is 2.75. The maximum Gasteiger partial charge on any atom is 0.277 e. The topological polar surface area (TPSA) is 62.6 Å². The molecule has 0 bridgehead atoms. The molecule has 1 heterocycles. The average molecular weight is 314 g/mol. The molecule has 120 valence electrons. The van der Waals surface area contributed by atoms with Crippen LogP contribution in [0.3, 0.4) is 0 Å². The molecule has 0 aliphatic carbocycles. The van der Waals surface area contributed by atoms with E-state index in [-0.39, 0.29) is 11.6 Å². The van der Waals surface area contributed by atoms with E-state index in [9.17, 15) is 8.42 Å². The molecule has 1 rings (SSSR count).